The van der Waals surface area contributed by atoms with Crippen LogP contribution in [0.4, 0.5) is 0 Å². The number of carbonyl (C=O) groups excluding carboxylic acids is 3. The van der Waals surface area contributed by atoms with Gasteiger partial charge in [0.15, 0.2) is 0 Å². The van der Waals surface area contributed by atoms with Crippen LogP contribution in [0.1, 0.15) is 31.7 Å². The van der Waals surface area contributed by atoms with Gasteiger partial charge < -0.3 is 36.8 Å². The van der Waals surface area contributed by atoms with Gasteiger partial charge >= 0.3 is 5.97 Å². The molecule has 35 heavy (non-hydrogen) atoms. The number of imidazole rings is 2. The molecule has 0 fully saturated rings. The van der Waals surface area contributed by atoms with Gasteiger partial charge in [-0.1, -0.05) is 20.3 Å². The second-order valence-corrected chi connectivity index (χ2v) is 8.55. The molecule has 0 saturated carbocycles. The average molecular weight is 509 g/mol. The number of carboxylic acids is 1. The van der Waals surface area contributed by atoms with E-state index in [-0.39, 0.29) is 24.5 Å². The van der Waals surface area contributed by atoms with E-state index in [1.807, 2.05) is 6.92 Å². The average Bonchev–Trinajstić information content (AvgIpc) is 3.53. The molecule has 0 saturated heterocycles. The molecule has 2 aromatic heterocycles. The highest BCUT2D eigenvalue weighted by atomic mass is 32.1. The van der Waals surface area contributed by atoms with Crippen molar-refractivity contribution in [2.24, 2.45) is 11.7 Å². The number of rotatable bonds is 14. The van der Waals surface area contributed by atoms with Crippen molar-refractivity contribution in [2.75, 3.05) is 5.75 Å². The van der Waals surface area contributed by atoms with Crippen LogP contribution in [0.3, 0.4) is 0 Å². The lowest BCUT2D eigenvalue weighted by molar-refractivity contribution is -0.141. The van der Waals surface area contributed by atoms with Gasteiger partial charge in [0.25, 0.3) is 0 Å². The molecule has 0 radical (unpaired) electrons. The minimum Gasteiger partial charge on any atom is -0.480 e. The summed E-state index contributed by atoms with van der Waals surface area (Å²) < 4.78 is 0. The van der Waals surface area contributed by atoms with Gasteiger partial charge in [0.05, 0.1) is 18.7 Å². The molecule has 0 aromatic carbocycles. The van der Waals surface area contributed by atoms with Gasteiger partial charge in [0.2, 0.25) is 17.7 Å². The zero-order valence-corrected chi connectivity index (χ0v) is 20.4. The highest BCUT2D eigenvalue weighted by Crippen LogP contribution is 2.10. The topological polar surface area (TPSA) is 208 Å². The van der Waals surface area contributed by atoms with E-state index in [9.17, 15) is 24.3 Å². The van der Waals surface area contributed by atoms with Crippen molar-refractivity contribution >= 4 is 36.3 Å². The maximum atomic E-state index is 13.2. The first-order chi connectivity index (χ1) is 16.7. The molecule has 2 heterocycles. The number of carboxylic acid groups (broad SMARTS) is 1. The van der Waals surface area contributed by atoms with Crippen molar-refractivity contribution in [3.8, 4) is 0 Å². The second kappa shape index (κ2) is 13.5. The lowest BCUT2D eigenvalue weighted by Crippen LogP contribution is -2.59. The normalized spacial score (nSPS) is 15.3. The molecule has 2 rings (SSSR count). The lowest BCUT2D eigenvalue weighted by Gasteiger charge is -2.27. The number of nitrogens with one attached hydrogen (secondary N) is 5. The van der Waals surface area contributed by atoms with Gasteiger partial charge in [0.1, 0.15) is 18.1 Å². The Bertz CT molecular complexity index is 969. The smallest absolute Gasteiger partial charge is 0.327 e. The van der Waals surface area contributed by atoms with E-state index in [0.29, 0.717) is 17.8 Å². The van der Waals surface area contributed by atoms with Gasteiger partial charge in [-0.05, 0) is 5.92 Å². The van der Waals surface area contributed by atoms with Crippen molar-refractivity contribution in [3.63, 3.8) is 0 Å². The Morgan fingerprint density at radius 3 is 2.03 bits per heavy atom. The maximum Gasteiger partial charge on any atom is 0.327 e. The number of amides is 3. The molecule has 2 aromatic rings. The van der Waals surface area contributed by atoms with E-state index in [0.717, 1.165) is 0 Å². The summed E-state index contributed by atoms with van der Waals surface area (Å²) in [5, 5.41) is 16.9. The maximum absolute atomic E-state index is 13.2. The van der Waals surface area contributed by atoms with Crippen LogP contribution in [-0.4, -0.2) is 78.7 Å². The van der Waals surface area contributed by atoms with Crippen LogP contribution in [0.25, 0.3) is 0 Å². The number of aromatic amines is 2. The van der Waals surface area contributed by atoms with Crippen LogP contribution in [-0.2, 0) is 32.0 Å². The van der Waals surface area contributed by atoms with Gasteiger partial charge in [-0.15, -0.1) is 0 Å². The first-order valence-electron chi connectivity index (χ1n) is 11.1. The van der Waals surface area contributed by atoms with E-state index in [1.165, 1.54) is 18.9 Å². The van der Waals surface area contributed by atoms with Crippen molar-refractivity contribution in [2.45, 2.75) is 57.3 Å². The monoisotopic (exact) mass is 508 g/mol. The van der Waals surface area contributed by atoms with Crippen LogP contribution in [0.15, 0.2) is 25.0 Å². The highest BCUT2D eigenvalue weighted by molar-refractivity contribution is 7.80. The molecule has 13 nitrogen and oxygen atoms in total. The molecule has 0 spiro atoms. The predicted octanol–water partition coefficient (Wildman–Crippen LogP) is -1.24. The van der Waals surface area contributed by atoms with Crippen LogP contribution < -0.4 is 21.7 Å². The standard InChI is InChI=1S/C21H32N8O5S/c1-3-11(2)17(29-18(30)14(22)4-12-6-23-9-25-12)20(32)27-15(5-13-7-24-10-26-13)19(31)28-16(8-35)21(33)34/h6-7,9-11,14-17,35H,3-5,8,22H2,1-2H3,(H,23,25)(H,24,26)(H,27,32)(H,28,31)(H,29,30)(H,33,34). The third-order valence-corrected chi connectivity index (χ3v) is 5.90. The molecule has 0 aliphatic carbocycles. The van der Waals surface area contributed by atoms with E-state index >= 15 is 0 Å². The fourth-order valence-electron chi connectivity index (χ4n) is 3.23. The van der Waals surface area contributed by atoms with Crippen molar-refractivity contribution in [3.05, 3.63) is 36.4 Å². The molecule has 0 aliphatic heterocycles. The second-order valence-electron chi connectivity index (χ2n) is 8.18. The first kappa shape index (κ1) is 27.9. The molecule has 0 aliphatic rings. The Morgan fingerprint density at radius 1 is 0.971 bits per heavy atom. The Balaban J connectivity index is 2.15. The van der Waals surface area contributed by atoms with Gasteiger partial charge in [-0.25, -0.2) is 14.8 Å². The summed E-state index contributed by atoms with van der Waals surface area (Å²) >= 11 is 3.95. The molecule has 192 valence electrons. The number of carbonyl (C=O) groups is 4. The van der Waals surface area contributed by atoms with Gasteiger partial charge in [-0.2, -0.15) is 12.6 Å². The van der Waals surface area contributed by atoms with Crippen LogP contribution in [0, 0.1) is 5.92 Å². The first-order valence-corrected chi connectivity index (χ1v) is 11.7. The summed E-state index contributed by atoms with van der Waals surface area (Å²) in [6.07, 6.45) is 6.73. The van der Waals surface area contributed by atoms with E-state index in [2.05, 4.69) is 48.5 Å². The summed E-state index contributed by atoms with van der Waals surface area (Å²) in [7, 11) is 0. The molecule has 5 atom stereocenters. The minimum absolute atomic E-state index is 0.0248. The minimum atomic E-state index is -1.25. The zero-order chi connectivity index (χ0) is 26.0. The summed E-state index contributed by atoms with van der Waals surface area (Å²) in [5.74, 6) is -3.51. The number of H-pyrrole nitrogens is 2. The van der Waals surface area contributed by atoms with E-state index in [4.69, 9.17) is 5.73 Å². The quantitative estimate of drug-likeness (QED) is 0.144. The van der Waals surface area contributed by atoms with Gasteiger partial charge in [0, 0.05) is 42.4 Å². The van der Waals surface area contributed by atoms with Crippen molar-refractivity contribution in [1.29, 1.82) is 0 Å². The Labute approximate surface area is 207 Å². The van der Waals surface area contributed by atoms with Crippen LogP contribution >= 0.6 is 12.6 Å². The van der Waals surface area contributed by atoms with Crippen molar-refractivity contribution in [1.82, 2.24) is 35.9 Å². The van der Waals surface area contributed by atoms with Crippen molar-refractivity contribution < 1.29 is 24.3 Å². The van der Waals surface area contributed by atoms with E-state index < -0.39 is 47.9 Å². The molecule has 14 heteroatoms. The number of hydrogen-bond acceptors (Lipinski definition) is 8. The third-order valence-electron chi connectivity index (χ3n) is 5.53. The summed E-state index contributed by atoms with van der Waals surface area (Å²) in [5.41, 5.74) is 7.23. The Morgan fingerprint density at radius 2 is 1.54 bits per heavy atom. The third kappa shape index (κ3) is 8.40. The van der Waals surface area contributed by atoms with Crippen LogP contribution in [0.5, 0.6) is 0 Å². The zero-order valence-electron chi connectivity index (χ0n) is 19.5. The molecular formula is C21H32N8O5S. The number of nitrogens with two attached hydrogens (primary N) is 1. The Kier molecular flexibility index (Phi) is 10.7. The van der Waals surface area contributed by atoms with Crippen LogP contribution in [0.2, 0.25) is 0 Å². The number of aliphatic carboxylic acids is 1. The molecule has 0 bridgehead atoms. The SMILES string of the molecule is CCC(C)C(NC(=O)C(N)Cc1cnc[nH]1)C(=O)NC(Cc1cnc[nH]1)C(=O)NC(CS)C(=O)O. The Hall–Kier alpha value is -3.39. The molecule has 5 unspecified atom stereocenters. The fraction of sp³-hybridized carbons (Fsp3) is 0.524. The predicted molar refractivity (Wildman–Crippen MR) is 129 cm³/mol. The number of hydrogen-bond donors (Lipinski definition) is 8. The summed E-state index contributed by atoms with van der Waals surface area (Å²) in [6.45, 7) is 3.65. The number of nitrogens with zero attached hydrogens (tertiary/aromatic N) is 2. The number of aromatic nitrogens is 4. The van der Waals surface area contributed by atoms with Gasteiger partial charge in [-0.3, -0.25) is 14.4 Å². The number of thiol groups is 1. The lowest BCUT2D eigenvalue weighted by atomic mass is 9.97. The summed E-state index contributed by atoms with van der Waals surface area (Å²) in [4.78, 5) is 63.7. The molecule has 3 amide bonds. The summed E-state index contributed by atoms with van der Waals surface area (Å²) in [6, 6.07) is -4.27. The molecular weight excluding hydrogens is 476 g/mol. The molecule has 8 N–H and O–H groups in total. The fourth-order valence-corrected chi connectivity index (χ4v) is 3.48. The highest BCUT2D eigenvalue weighted by Gasteiger charge is 2.32. The van der Waals surface area contributed by atoms with E-state index in [1.54, 1.807) is 13.1 Å². The largest absolute Gasteiger partial charge is 0.480 e.